The van der Waals surface area contributed by atoms with Gasteiger partial charge in [0.1, 0.15) is 0 Å². The van der Waals surface area contributed by atoms with E-state index >= 15 is 0 Å². The molecule has 0 atom stereocenters. The van der Waals surface area contributed by atoms with Crippen LogP contribution in [0.4, 0.5) is 0 Å². The minimum Gasteiger partial charge on any atom is -0.370 e. The van der Waals surface area contributed by atoms with Crippen molar-refractivity contribution in [2.45, 2.75) is 19.3 Å². The standard InChI is InChI=1S/C7H14N2O2S/c8-6(10)2-1-4-9-7(11)3-5-12/h12H,1-5H2,(H2,8,10)(H,9,11). The van der Waals surface area contributed by atoms with Crippen LogP contribution in [0.2, 0.25) is 0 Å². The molecule has 0 aromatic rings. The van der Waals surface area contributed by atoms with Crippen LogP contribution < -0.4 is 11.1 Å². The van der Waals surface area contributed by atoms with E-state index in [1.807, 2.05) is 0 Å². The van der Waals surface area contributed by atoms with Crippen molar-refractivity contribution in [1.29, 1.82) is 0 Å². The van der Waals surface area contributed by atoms with Crippen molar-refractivity contribution >= 4 is 24.4 Å². The number of primary amides is 1. The van der Waals surface area contributed by atoms with E-state index in [1.54, 1.807) is 0 Å². The van der Waals surface area contributed by atoms with Crippen LogP contribution in [0.15, 0.2) is 0 Å². The van der Waals surface area contributed by atoms with Gasteiger partial charge in [0.25, 0.3) is 0 Å². The summed E-state index contributed by atoms with van der Waals surface area (Å²) in [5.74, 6) is 0.176. The minimum atomic E-state index is -0.335. The normalized spacial score (nSPS) is 9.42. The maximum Gasteiger partial charge on any atom is 0.220 e. The Morgan fingerprint density at radius 2 is 2.00 bits per heavy atom. The zero-order valence-corrected chi connectivity index (χ0v) is 7.77. The van der Waals surface area contributed by atoms with Crippen molar-refractivity contribution in [2.24, 2.45) is 5.73 Å². The second kappa shape index (κ2) is 6.97. The van der Waals surface area contributed by atoms with Gasteiger partial charge in [0.2, 0.25) is 11.8 Å². The zero-order valence-electron chi connectivity index (χ0n) is 6.88. The quantitative estimate of drug-likeness (QED) is 0.397. The van der Waals surface area contributed by atoms with Gasteiger partial charge in [0.05, 0.1) is 0 Å². The number of hydrogen-bond donors (Lipinski definition) is 3. The van der Waals surface area contributed by atoms with E-state index in [2.05, 4.69) is 17.9 Å². The first-order chi connectivity index (χ1) is 5.66. The van der Waals surface area contributed by atoms with Crippen molar-refractivity contribution in [3.63, 3.8) is 0 Å². The summed E-state index contributed by atoms with van der Waals surface area (Å²) in [4.78, 5) is 21.1. The van der Waals surface area contributed by atoms with Crippen LogP contribution in [-0.2, 0) is 9.59 Å². The molecule has 0 unspecified atom stereocenters. The molecule has 0 aliphatic carbocycles. The summed E-state index contributed by atoms with van der Waals surface area (Å²) in [6.45, 7) is 0.509. The molecule has 5 heteroatoms. The van der Waals surface area contributed by atoms with Gasteiger partial charge in [-0.05, 0) is 12.2 Å². The maximum atomic E-state index is 10.8. The third kappa shape index (κ3) is 7.40. The van der Waals surface area contributed by atoms with Gasteiger partial charge in [-0.2, -0.15) is 12.6 Å². The number of hydrogen-bond acceptors (Lipinski definition) is 3. The Hall–Kier alpha value is -0.710. The van der Waals surface area contributed by atoms with Gasteiger partial charge in [0.15, 0.2) is 0 Å². The Balaban J connectivity index is 3.19. The SMILES string of the molecule is NC(=O)CCCNC(=O)CCS. The van der Waals surface area contributed by atoms with Gasteiger partial charge in [-0.3, -0.25) is 9.59 Å². The number of thiol groups is 1. The summed E-state index contributed by atoms with van der Waals surface area (Å²) >= 11 is 3.90. The van der Waals surface area contributed by atoms with E-state index in [-0.39, 0.29) is 11.8 Å². The molecule has 0 bridgehead atoms. The number of carbonyl (C=O) groups is 2. The highest BCUT2D eigenvalue weighted by molar-refractivity contribution is 7.80. The second-order valence-corrected chi connectivity index (χ2v) is 2.84. The van der Waals surface area contributed by atoms with Crippen molar-refractivity contribution in [2.75, 3.05) is 12.3 Å². The van der Waals surface area contributed by atoms with E-state index in [0.29, 0.717) is 31.6 Å². The number of amides is 2. The molecule has 12 heavy (non-hydrogen) atoms. The van der Waals surface area contributed by atoms with Crippen molar-refractivity contribution < 1.29 is 9.59 Å². The summed E-state index contributed by atoms with van der Waals surface area (Å²) in [7, 11) is 0. The molecule has 0 saturated carbocycles. The molecule has 0 aliphatic heterocycles. The average Bonchev–Trinajstić information content (AvgIpc) is 1.98. The summed E-state index contributed by atoms with van der Waals surface area (Å²) in [6, 6.07) is 0. The first-order valence-corrected chi connectivity index (χ1v) is 4.46. The van der Waals surface area contributed by atoms with Crippen LogP contribution >= 0.6 is 12.6 Å². The Bertz CT molecular complexity index is 161. The fourth-order valence-electron chi connectivity index (χ4n) is 0.680. The third-order valence-electron chi connectivity index (χ3n) is 1.26. The van der Waals surface area contributed by atoms with Gasteiger partial charge in [-0.25, -0.2) is 0 Å². The fraction of sp³-hybridized carbons (Fsp3) is 0.714. The average molecular weight is 190 g/mol. The van der Waals surface area contributed by atoms with Gasteiger partial charge in [-0.15, -0.1) is 0 Å². The fourth-order valence-corrected chi connectivity index (χ4v) is 0.883. The number of nitrogens with one attached hydrogen (secondary N) is 1. The molecule has 0 radical (unpaired) electrons. The monoisotopic (exact) mass is 190 g/mol. The Morgan fingerprint density at radius 3 is 2.50 bits per heavy atom. The van der Waals surface area contributed by atoms with Crippen LogP contribution in [0.25, 0.3) is 0 Å². The van der Waals surface area contributed by atoms with Crippen molar-refractivity contribution in [1.82, 2.24) is 5.32 Å². The molecule has 0 aliphatic rings. The predicted octanol–water partition coefficient (Wildman–Crippen LogP) is -0.312. The second-order valence-electron chi connectivity index (χ2n) is 2.39. The summed E-state index contributed by atoms with van der Waals surface area (Å²) in [5, 5.41) is 2.64. The van der Waals surface area contributed by atoms with Gasteiger partial charge in [-0.1, -0.05) is 0 Å². The first kappa shape index (κ1) is 11.3. The van der Waals surface area contributed by atoms with E-state index < -0.39 is 0 Å². The van der Waals surface area contributed by atoms with Crippen molar-refractivity contribution in [3.8, 4) is 0 Å². The topological polar surface area (TPSA) is 72.2 Å². The number of rotatable bonds is 6. The molecule has 0 aromatic heterocycles. The highest BCUT2D eigenvalue weighted by atomic mass is 32.1. The molecule has 0 saturated heterocycles. The van der Waals surface area contributed by atoms with E-state index in [0.717, 1.165) is 0 Å². The largest absolute Gasteiger partial charge is 0.370 e. The molecule has 0 heterocycles. The molecule has 0 aromatic carbocycles. The van der Waals surface area contributed by atoms with Crippen LogP contribution in [0, 0.1) is 0 Å². The summed E-state index contributed by atoms with van der Waals surface area (Å²) in [6.07, 6.45) is 1.34. The molecule has 70 valence electrons. The molecule has 4 nitrogen and oxygen atoms in total. The maximum absolute atomic E-state index is 10.8. The van der Waals surface area contributed by atoms with Gasteiger partial charge < -0.3 is 11.1 Å². The minimum absolute atomic E-state index is 0.0329. The van der Waals surface area contributed by atoms with Crippen LogP contribution in [-0.4, -0.2) is 24.1 Å². The van der Waals surface area contributed by atoms with Crippen LogP contribution in [0.3, 0.4) is 0 Å². The van der Waals surface area contributed by atoms with Gasteiger partial charge in [0, 0.05) is 19.4 Å². The van der Waals surface area contributed by atoms with Crippen LogP contribution in [0.1, 0.15) is 19.3 Å². The van der Waals surface area contributed by atoms with Crippen LogP contribution in [0.5, 0.6) is 0 Å². The molecule has 3 N–H and O–H groups in total. The lowest BCUT2D eigenvalue weighted by atomic mass is 10.3. The third-order valence-corrected chi connectivity index (χ3v) is 1.48. The molecule has 0 fully saturated rings. The molecule has 2 amide bonds. The lowest BCUT2D eigenvalue weighted by Crippen LogP contribution is -2.25. The molecule has 0 spiro atoms. The van der Waals surface area contributed by atoms with E-state index in [9.17, 15) is 9.59 Å². The lowest BCUT2D eigenvalue weighted by molar-refractivity contribution is -0.121. The lowest BCUT2D eigenvalue weighted by Gasteiger charge is -2.01. The van der Waals surface area contributed by atoms with Gasteiger partial charge >= 0.3 is 0 Å². The first-order valence-electron chi connectivity index (χ1n) is 3.82. The summed E-state index contributed by atoms with van der Waals surface area (Å²) < 4.78 is 0. The number of nitrogens with two attached hydrogens (primary N) is 1. The Labute approximate surface area is 77.3 Å². The summed E-state index contributed by atoms with van der Waals surface area (Å²) in [5.41, 5.74) is 4.90. The predicted molar refractivity (Wildman–Crippen MR) is 49.9 cm³/mol. The van der Waals surface area contributed by atoms with E-state index in [1.165, 1.54) is 0 Å². The van der Waals surface area contributed by atoms with E-state index in [4.69, 9.17) is 5.73 Å². The molecular weight excluding hydrogens is 176 g/mol. The smallest absolute Gasteiger partial charge is 0.220 e. The molecule has 0 rings (SSSR count). The Morgan fingerprint density at radius 1 is 1.33 bits per heavy atom. The highest BCUT2D eigenvalue weighted by Crippen LogP contribution is 1.87. The Kier molecular flexibility index (Phi) is 6.55. The molecular formula is C7H14N2O2S. The zero-order chi connectivity index (χ0) is 9.40. The number of carbonyl (C=O) groups excluding carboxylic acids is 2. The highest BCUT2D eigenvalue weighted by Gasteiger charge is 1.98. The van der Waals surface area contributed by atoms with Crippen molar-refractivity contribution in [3.05, 3.63) is 0 Å².